The second kappa shape index (κ2) is 18.7. The highest BCUT2D eigenvalue weighted by atomic mass is 16.3. The molecule has 2 heterocycles. The molecule has 2 atom stereocenters. The van der Waals surface area contributed by atoms with Crippen LogP contribution in [0.3, 0.4) is 0 Å². The molecule has 0 saturated carbocycles. The molecular weight excluding hydrogens is 761 g/mol. The third-order valence-corrected chi connectivity index (χ3v) is 13.4. The first kappa shape index (κ1) is 41.0. The number of benzene rings is 6. The minimum Gasteiger partial charge on any atom is -0.396 e. The molecule has 2 aromatic heterocycles. The highest BCUT2D eigenvalue weighted by Gasteiger charge is 2.42. The molecule has 0 amide bonds. The Labute approximate surface area is 366 Å². The Morgan fingerprint density at radius 1 is 0.403 bits per heavy atom. The number of aryl methyl sites for hydroxylation is 1. The van der Waals surface area contributed by atoms with Crippen LogP contribution in [0.5, 0.6) is 0 Å². The fraction of sp³-hybridized carbons (Fsp3) is 0.250. The fourth-order valence-corrected chi connectivity index (χ4v) is 10.5. The summed E-state index contributed by atoms with van der Waals surface area (Å²) in [6, 6.07) is 64.6. The van der Waals surface area contributed by atoms with Crippen LogP contribution < -0.4 is 0 Å². The summed E-state index contributed by atoms with van der Waals surface area (Å²) in [5, 5.41) is 19.0. The van der Waals surface area contributed by atoms with E-state index in [2.05, 4.69) is 191 Å². The van der Waals surface area contributed by atoms with Gasteiger partial charge in [-0.15, -0.1) is 0 Å². The average molecular weight is 817 g/mol. The van der Waals surface area contributed by atoms with Crippen molar-refractivity contribution >= 4 is 0 Å². The number of aromatic nitrogens is 4. The van der Waals surface area contributed by atoms with Gasteiger partial charge in [0.15, 0.2) is 0 Å². The second-order valence-corrected chi connectivity index (χ2v) is 16.9. The summed E-state index contributed by atoms with van der Waals surface area (Å²) in [7, 11) is 0. The molecule has 2 unspecified atom stereocenters. The van der Waals surface area contributed by atoms with Gasteiger partial charge >= 0.3 is 0 Å². The maximum atomic E-state index is 9.56. The predicted octanol–water partition coefficient (Wildman–Crippen LogP) is 10.4. The van der Waals surface area contributed by atoms with Crippen molar-refractivity contribution in [3.63, 3.8) is 0 Å². The predicted molar refractivity (Wildman–Crippen MR) is 248 cm³/mol. The van der Waals surface area contributed by atoms with Gasteiger partial charge in [0.25, 0.3) is 0 Å². The molecule has 0 radical (unpaired) electrons. The van der Waals surface area contributed by atoms with E-state index in [9.17, 15) is 10.2 Å². The molecule has 2 aliphatic rings. The largest absolute Gasteiger partial charge is 0.396 e. The summed E-state index contributed by atoms with van der Waals surface area (Å²) in [6.45, 7) is 0.498. The van der Waals surface area contributed by atoms with Gasteiger partial charge in [0.05, 0.1) is 24.0 Å². The van der Waals surface area contributed by atoms with E-state index in [0.29, 0.717) is 11.8 Å². The van der Waals surface area contributed by atoms with Gasteiger partial charge in [0.2, 0.25) is 0 Å². The number of imidazole rings is 2. The zero-order valence-corrected chi connectivity index (χ0v) is 35.4. The number of hydrogen-bond acceptors (Lipinski definition) is 4. The lowest BCUT2D eigenvalue weighted by atomic mass is 9.76. The standard InChI is InChI=1S/2C28H28N2O/c31-19-18-22-16-17-27-26(20-22)29-21-30(27)28(23-10-4-1-5-11-23,24-12-6-2-7-13-24)25-14-8-3-9-15-25;31-19-18-22-16-17-26-27(20-22)30(21-29-26)28(23-10-4-1-5-11-23,24-12-6-2-7-13-24)25-14-8-3-9-15-25/h2*1-15,21-22,31H,16-20H2. The molecule has 0 spiro atoms. The minimum absolute atomic E-state index is 0.245. The molecule has 8 aromatic rings. The Balaban J connectivity index is 0.000000158. The van der Waals surface area contributed by atoms with Gasteiger partial charge in [0.1, 0.15) is 11.1 Å². The van der Waals surface area contributed by atoms with Crippen LogP contribution in [0.2, 0.25) is 0 Å². The van der Waals surface area contributed by atoms with Crippen LogP contribution in [0.15, 0.2) is 195 Å². The van der Waals surface area contributed by atoms with E-state index >= 15 is 0 Å². The highest BCUT2D eigenvalue weighted by molar-refractivity contribution is 5.53. The van der Waals surface area contributed by atoms with Crippen molar-refractivity contribution in [1.82, 2.24) is 19.1 Å². The Bertz CT molecular complexity index is 2420. The van der Waals surface area contributed by atoms with Crippen molar-refractivity contribution in [2.45, 2.75) is 62.4 Å². The molecular formula is C56H56N4O2. The first-order valence-electron chi connectivity index (χ1n) is 22.3. The third-order valence-electron chi connectivity index (χ3n) is 13.4. The van der Waals surface area contributed by atoms with Gasteiger partial charge in [0, 0.05) is 24.6 Å². The second-order valence-electron chi connectivity index (χ2n) is 16.9. The smallest absolute Gasteiger partial charge is 0.121 e. The maximum Gasteiger partial charge on any atom is 0.121 e. The molecule has 62 heavy (non-hydrogen) atoms. The van der Waals surface area contributed by atoms with Crippen LogP contribution in [-0.4, -0.2) is 42.5 Å². The van der Waals surface area contributed by atoms with Crippen molar-refractivity contribution in [3.8, 4) is 0 Å². The number of fused-ring (bicyclic) bond motifs is 2. The number of nitrogens with zero attached hydrogens (tertiary/aromatic N) is 4. The fourth-order valence-electron chi connectivity index (χ4n) is 10.5. The van der Waals surface area contributed by atoms with Gasteiger partial charge in [-0.2, -0.15) is 0 Å². The zero-order chi connectivity index (χ0) is 42.2. The quantitative estimate of drug-likeness (QED) is 0.120. The number of aliphatic hydroxyl groups excluding tert-OH is 2. The van der Waals surface area contributed by atoms with Crippen LogP contribution in [0.25, 0.3) is 0 Å². The Kier molecular flexibility index (Phi) is 12.4. The van der Waals surface area contributed by atoms with Crippen LogP contribution in [-0.2, 0) is 36.8 Å². The normalized spacial score (nSPS) is 16.1. The molecule has 0 saturated heterocycles. The summed E-state index contributed by atoms with van der Waals surface area (Å²) < 4.78 is 4.82. The van der Waals surface area contributed by atoms with Gasteiger partial charge < -0.3 is 19.3 Å². The lowest BCUT2D eigenvalue weighted by molar-refractivity contribution is 0.245. The van der Waals surface area contributed by atoms with Crippen LogP contribution in [0.4, 0.5) is 0 Å². The first-order valence-corrected chi connectivity index (χ1v) is 22.3. The first-order chi connectivity index (χ1) is 30.7. The molecule has 0 fully saturated rings. The summed E-state index contributed by atoms with van der Waals surface area (Å²) in [4.78, 5) is 9.81. The van der Waals surface area contributed by atoms with Crippen molar-refractivity contribution in [2.75, 3.05) is 13.2 Å². The summed E-state index contributed by atoms with van der Waals surface area (Å²) in [5.41, 5.74) is 11.3. The van der Waals surface area contributed by atoms with Crippen molar-refractivity contribution in [1.29, 1.82) is 0 Å². The van der Waals surface area contributed by atoms with Crippen LogP contribution >= 0.6 is 0 Å². The van der Waals surface area contributed by atoms with E-state index in [1.165, 1.54) is 56.2 Å². The lowest BCUT2D eigenvalue weighted by Gasteiger charge is -2.39. The van der Waals surface area contributed by atoms with Gasteiger partial charge in [-0.25, -0.2) is 9.97 Å². The number of hydrogen-bond donors (Lipinski definition) is 2. The zero-order valence-electron chi connectivity index (χ0n) is 35.4. The van der Waals surface area contributed by atoms with Crippen LogP contribution in [0, 0.1) is 11.8 Å². The monoisotopic (exact) mass is 816 g/mol. The number of aliphatic hydroxyl groups is 2. The lowest BCUT2D eigenvalue weighted by Crippen LogP contribution is -2.39. The van der Waals surface area contributed by atoms with Crippen molar-refractivity contribution < 1.29 is 10.2 Å². The molecule has 0 bridgehead atoms. The van der Waals surface area contributed by atoms with Gasteiger partial charge in [-0.05, 0) is 96.6 Å². The van der Waals surface area contributed by atoms with E-state index in [4.69, 9.17) is 9.97 Å². The Morgan fingerprint density at radius 2 is 0.726 bits per heavy atom. The molecule has 312 valence electrons. The SMILES string of the molecule is OCCC1CCc2c(ncn2C(c2ccccc2)(c2ccccc2)c2ccccc2)C1.OCCC1CCc2ncn(C(c3ccccc3)(c3ccccc3)c3ccccc3)c2C1. The van der Waals surface area contributed by atoms with Crippen molar-refractivity contribution in [3.05, 3.63) is 251 Å². The maximum absolute atomic E-state index is 9.56. The van der Waals surface area contributed by atoms with E-state index in [1.54, 1.807) is 0 Å². The number of rotatable bonds is 12. The van der Waals surface area contributed by atoms with E-state index in [0.717, 1.165) is 51.4 Å². The van der Waals surface area contributed by atoms with Crippen LogP contribution in [0.1, 0.15) is 81.8 Å². The molecule has 6 nitrogen and oxygen atoms in total. The molecule has 6 heteroatoms. The molecule has 0 aliphatic heterocycles. The third kappa shape index (κ3) is 7.63. The topological polar surface area (TPSA) is 76.1 Å². The molecule has 2 aliphatic carbocycles. The summed E-state index contributed by atoms with van der Waals surface area (Å²) in [6.07, 6.45) is 11.8. The Morgan fingerprint density at radius 3 is 1.10 bits per heavy atom. The molecule has 10 rings (SSSR count). The minimum atomic E-state index is -0.508. The van der Waals surface area contributed by atoms with Crippen molar-refractivity contribution in [2.24, 2.45) is 11.8 Å². The van der Waals surface area contributed by atoms with E-state index < -0.39 is 11.1 Å². The molecule has 6 aromatic carbocycles. The Hall–Kier alpha value is -6.34. The highest BCUT2D eigenvalue weighted by Crippen LogP contribution is 2.45. The average Bonchev–Trinajstić information content (AvgIpc) is 3.97. The van der Waals surface area contributed by atoms with E-state index in [-0.39, 0.29) is 13.2 Å². The molecule has 2 N–H and O–H groups in total. The van der Waals surface area contributed by atoms with Gasteiger partial charge in [-0.3, -0.25) is 0 Å². The van der Waals surface area contributed by atoms with Gasteiger partial charge in [-0.1, -0.05) is 182 Å². The van der Waals surface area contributed by atoms with E-state index in [1.807, 2.05) is 12.7 Å². The summed E-state index contributed by atoms with van der Waals surface area (Å²) in [5.74, 6) is 1.01. The summed E-state index contributed by atoms with van der Waals surface area (Å²) >= 11 is 0.